The maximum absolute atomic E-state index is 12.4. The average Bonchev–Trinajstić information content (AvgIpc) is 3.14. The first-order chi connectivity index (χ1) is 12.4. The van der Waals surface area contributed by atoms with Gasteiger partial charge < -0.3 is 13.8 Å². The van der Waals surface area contributed by atoms with Crippen molar-refractivity contribution in [1.82, 2.24) is 9.72 Å². The highest BCUT2D eigenvalue weighted by Gasteiger charge is 2.15. The number of carbonyl (C=O) groups excluding carboxylic acids is 2. The molecule has 0 aliphatic heterocycles. The number of benzene rings is 1. The summed E-state index contributed by atoms with van der Waals surface area (Å²) in [6, 6.07) is 5.55. The smallest absolute Gasteiger partial charge is 0.326 e. The third-order valence-corrected chi connectivity index (χ3v) is 4.98. The van der Waals surface area contributed by atoms with Crippen LogP contribution in [0.5, 0.6) is 0 Å². The molecule has 8 heteroatoms. The first-order valence-electron chi connectivity index (χ1n) is 8.17. The Morgan fingerprint density at radius 2 is 1.96 bits per heavy atom. The Morgan fingerprint density at radius 1 is 1.23 bits per heavy atom. The molecule has 0 fully saturated rings. The van der Waals surface area contributed by atoms with Gasteiger partial charge in [-0.2, -0.15) is 4.99 Å². The van der Waals surface area contributed by atoms with E-state index in [0.717, 1.165) is 21.3 Å². The highest BCUT2D eigenvalue weighted by atomic mass is 32.1. The Labute approximate surface area is 153 Å². The number of esters is 1. The van der Waals surface area contributed by atoms with Crippen molar-refractivity contribution in [3.63, 3.8) is 0 Å². The van der Waals surface area contributed by atoms with Gasteiger partial charge in [0.25, 0.3) is 0 Å². The van der Waals surface area contributed by atoms with E-state index in [1.165, 1.54) is 17.4 Å². The zero-order valence-corrected chi connectivity index (χ0v) is 15.8. The van der Waals surface area contributed by atoms with Crippen LogP contribution in [-0.2, 0) is 16.1 Å². The summed E-state index contributed by atoms with van der Waals surface area (Å²) >= 11 is 1.35. The molecule has 3 aromatic rings. The number of amides is 1. The van der Waals surface area contributed by atoms with Gasteiger partial charge in [0, 0.05) is 6.07 Å². The van der Waals surface area contributed by atoms with Gasteiger partial charge in [0.05, 0.1) is 16.8 Å². The third kappa shape index (κ3) is 3.60. The fourth-order valence-corrected chi connectivity index (χ4v) is 3.61. The van der Waals surface area contributed by atoms with Gasteiger partial charge in [-0.05, 0) is 51.0 Å². The molecule has 0 aliphatic rings. The van der Waals surface area contributed by atoms with Crippen LogP contribution in [0, 0.1) is 20.8 Å². The quantitative estimate of drug-likeness (QED) is 0.656. The molecule has 1 aromatic carbocycles. The Balaban J connectivity index is 2.14. The fourth-order valence-electron chi connectivity index (χ4n) is 2.51. The number of thiazole rings is 1. The summed E-state index contributed by atoms with van der Waals surface area (Å²) in [5, 5.41) is 3.70. The van der Waals surface area contributed by atoms with Gasteiger partial charge in [-0.3, -0.25) is 9.59 Å². The van der Waals surface area contributed by atoms with Gasteiger partial charge in [-0.1, -0.05) is 16.5 Å². The van der Waals surface area contributed by atoms with E-state index >= 15 is 0 Å². The lowest BCUT2D eigenvalue weighted by molar-refractivity contribution is -0.143. The largest absolute Gasteiger partial charge is 0.465 e. The minimum atomic E-state index is -0.514. The van der Waals surface area contributed by atoms with Crippen molar-refractivity contribution >= 4 is 33.4 Å². The van der Waals surface area contributed by atoms with Crippen molar-refractivity contribution in [2.45, 2.75) is 34.2 Å². The summed E-state index contributed by atoms with van der Waals surface area (Å²) < 4.78 is 12.6. The van der Waals surface area contributed by atoms with E-state index in [9.17, 15) is 9.59 Å². The van der Waals surface area contributed by atoms with E-state index in [1.54, 1.807) is 18.4 Å². The highest BCUT2D eigenvalue weighted by Crippen LogP contribution is 2.22. The van der Waals surface area contributed by atoms with E-state index in [1.807, 2.05) is 26.0 Å². The van der Waals surface area contributed by atoms with Crippen molar-refractivity contribution in [2.75, 3.05) is 6.61 Å². The topological polar surface area (TPSA) is 86.7 Å². The molecule has 0 spiro atoms. The second-order valence-electron chi connectivity index (χ2n) is 5.92. The van der Waals surface area contributed by atoms with Crippen molar-refractivity contribution in [3.05, 3.63) is 45.6 Å². The molecule has 26 heavy (non-hydrogen) atoms. The number of fused-ring (bicyclic) bond motifs is 1. The number of aromatic nitrogens is 2. The van der Waals surface area contributed by atoms with Gasteiger partial charge in [-0.25, -0.2) is 0 Å². The van der Waals surface area contributed by atoms with Crippen LogP contribution in [0.4, 0.5) is 0 Å². The van der Waals surface area contributed by atoms with Crippen LogP contribution in [0.25, 0.3) is 10.2 Å². The summed E-state index contributed by atoms with van der Waals surface area (Å²) in [6.45, 7) is 7.76. The molecule has 0 saturated heterocycles. The zero-order valence-electron chi connectivity index (χ0n) is 15.0. The number of hydrogen-bond donors (Lipinski definition) is 0. The molecule has 1 amide bonds. The summed E-state index contributed by atoms with van der Waals surface area (Å²) in [4.78, 5) is 29.0. The van der Waals surface area contributed by atoms with Crippen LogP contribution in [0.15, 0.2) is 27.7 Å². The van der Waals surface area contributed by atoms with Gasteiger partial charge in [0.15, 0.2) is 10.5 Å². The van der Waals surface area contributed by atoms with Crippen LogP contribution >= 0.6 is 11.3 Å². The van der Waals surface area contributed by atoms with E-state index in [4.69, 9.17) is 9.26 Å². The van der Waals surface area contributed by atoms with E-state index < -0.39 is 5.91 Å². The molecule has 0 atom stereocenters. The number of hydrogen-bond acceptors (Lipinski definition) is 6. The lowest BCUT2D eigenvalue weighted by atomic mass is 10.1. The number of nitrogens with zero attached hydrogens (tertiary/aromatic N) is 3. The first kappa shape index (κ1) is 18.1. The highest BCUT2D eigenvalue weighted by molar-refractivity contribution is 7.16. The standard InChI is InChI=1S/C18H19N3O4S/c1-5-24-16(22)9-21-14-6-10(2)11(3)7-15(14)26-18(21)19-17(23)13-8-12(4)25-20-13/h6-8H,5,9H2,1-4H3. The fraction of sp³-hybridized carbons (Fsp3) is 0.333. The Morgan fingerprint density at radius 3 is 2.62 bits per heavy atom. The lowest BCUT2D eigenvalue weighted by Gasteiger charge is -2.06. The molecule has 2 heterocycles. The van der Waals surface area contributed by atoms with Crippen molar-refractivity contribution in [3.8, 4) is 0 Å². The number of carbonyl (C=O) groups is 2. The first-order valence-corrected chi connectivity index (χ1v) is 8.99. The van der Waals surface area contributed by atoms with E-state index in [2.05, 4.69) is 10.1 Å². The summed E-state index contributed by atoms with van der Waals surface area (Å²) in [7, 11) is 0. The lowest BCUT2D eigenvalue weighted by Crippen LogP contribution is -2.23. The normalized spacial score (nSPS) is 11.9. The molecular formula is C18H19N3O4S. The molecule has 136 valence electrons. The van der Waals surface area contributed by atoms with Crippen LogP contribution < -0.4 is 4.80 Å². The van der Waals surface area contributed by atoms with Gasteiger partial charge in [0.2, 0.25) is 0 Å². The van der Waals surface area contributed by atoms with Crippen molar-refractivity contribution in [1.29, 1.82) is 0 Å². The molecule has 0 aliphatic carbocycles. The van der Waals surface area contributed by atoms with Gasteiger partial charge >= 0.3 is 11.9 Å². The summed E-state index contributed by atoms with van der Waals surface area (Å²) in [5.41, 5.74) is 3.20. The second-order valence-corrected chi connectivity index (χ2v) is 6.93. The molecule has 0 unspecified atom stereocenters. The average molecular weight is 373 g/mol. The molecule has 2 aromatic heterocycles. The zero-order chi connectivity index (χ0) is 18.8. The van der Waals surface area contributed by atoms with Crippen molar-refractivity contribution in [2.24, 2.45) is 4.99 Å². The maximum atomic E-state index is 12.4. The Bertz CT molecular complexity index is 1060. The molecule has 0 N–H and O–H groups in total. The molecule has 0 radical (unpaired) electrons. The Kier molecular flexibility index (Phi) is 5.03. The summed E-state index contributed by atoms with van der Waals surface area (Å²) in [5.74, 6) is -0.360. The number of aryl methyl sites for hydroxylation is 3. The summed E-state index contributed by atoms with van der Waals surface area (Å²) in [6.07, 6.45) is 0. The SMILES string of the molecule is CCOC(=O)Cn1c(=NC(=O)c2cc(C)on2)sc2cc(C)c(C)cc21. The minimum absolute atomic E-state index is 0.0136. The maximum Gasteiger partial charge on any atom is 0.326 e. The second kappa shape index (κ2) is 7.25. The molecule has 0 bridgehead atoms. The van der Waals surface area contributed by atoms with Crippen LogP contribution in [0.3, 0.4) is 0 Å². The van der Waals surface area contributed by atoms with Gasteiger partial charge in [0.1, 0.15) is 12.3 Å². The number of ether oxygens (including phenoxy) is 1. The molecule has 0 saturated carbocycles. The third-order valence-electron chi connectivity index (χ3n) is 3.94. The predicted molar refractivity (Wildman–Crippen MR) is 97.1 cm³/mol. The molecular weight excluding hydrogens is 354 g/mol. The molecule has 3 rings (SSSR count). The van der Waals surface area contributed by atoms with Crippen molar-refractivity contribution < 1.29 is 18.8 Å². The van der Waals surface area contributed by atoms with Crippen LogP contribution in [-0.4, -0.2) is 28.2 Å². The van der Waals surface area contributed by atoms with E-state index in [0.29, 0.717) is 17.2 Å². The van der Waals surface area contributed by atoms with Gasteiger partial charge in [-0.15, -0.1) is 0 Å². The van der Waals surface area contributed by atoms with Crippen LogP contribution in [0.1, 0.15) is 34.3 Å². The number of rotatable bonds is 4. The van der Waals surface area contributed by atoms with Crippen LogP contribution in [0.2, 0.25) is 0 Å². The minimum Gasteiger partial charge on any atom is -0.465 e. The van der Waals surface area contributed by atoms with E-state index in [-0.39, 0.29) is 18.2 Å². The Hall–Kier alpha value is -2.74. The monoisotopic (exact) mass is 373 g/mol. The molecule has 7 nitrogen and oxygen atoms in total. The predicted octanol–water partition coefficient (Wildman–Crippen LogP) is 2.92.